The number of esters is 1. The summed E-state index contributed by atoms with van der Waals surface area (Å²) in [5.74, 6) is -1.02. The predicted octanol–water partition coefficient (Wildman–Crippen LogP) is 5.96. The van der Waals surface area contributed by atoms with E-state index < -0.39 is 17.4 Å². The van der Waals surface area contributed by atoms with Gasteiger partial charge in [-0.05, 0) is 102 Å². The van der Waals surface area contributed by atoms with E-state index in [9.17, 15) is 18.8 Å². The fourth-order valence-electron chi connectivity index (χ4n) is 5.94. The van der Waals surface area contributed by atoms with E-state index in [0.29, 0.717) is 38.0 Å². The highest BCUT2D eigenvalue weighted by Gasteiger charge is 2.32. The third kappa shape index (κ3) is 8.28. The van der Waals surface area contributed by atoms with Gasteiger partial charge < -0.3 is 24.0 Å². The first-order valence-corrected chi connectivity index (χ1v) is 15.4. The maximum Gasteiger partial charge on any atom is 0.410 e. The Hall–Kier alpha value is -3.66. The molecule has 1 heterocycles. The topological polar surface area (TPSA) is 88.6 Å². The number of hydrogen-bond donors (Lipinski definition) is 0. The van der Waals surface area contributed by atoms with Gasteiger partial charge in [0.15, 0.2) is 0 Å². The van der Waals surface area contributed by atoms with E-state index in [1.807, 2.05) is 38.8 Å². The minimum atomic E-state index is -0.749. The molecule has 44 heavy (non-hydrogen) atoms. The number of benzene rings is 2. The Morgan fingerprint density at radius 3 is 2.34 bits per heavy atom. The summed E-state index contributed by atoms with van der Waals surface area (Å²) in [4.78, 5) is 43.7. The summed E-state index contributed by atoms with van der Waals surface area (Å²) >= 11 is 0. The molecule has 0 spiro atoms. The minimum absolute atomic E-state index is 0.0513. The van der Waals surface area contributed by atoms with Gasteiger partial charge in [-0.1, -0.05) is 6.07 Å². The zero-order chi connectivity index (χ0) is 32.2. The average molecular weight is 612 g/mol. The van der Waals surface area contributed by atoms with Crippen LogP contribution in [0.2, 0.25) is 0 Å². The lowest BCUT2D eigenvalue weighted by Crippen LogP contribution is -2.54. The van der Waals surface area contributed by atoms with Gasteiger partial charge in [0.25, 0.3) is 0 Å². The monoisotopic (exact) mass is 611 g/mol. The Kier molecular flexibility index (Phi) is 10.6. The molecular weight excluding hydrogens is 565 g/mol. The first-order chi connectivity index (χ1) is 20.8. The Morgan fingerprint density at radius 2 is 1.73 bits per heavy atom. The number of aryl methyl sites for hydroxylation is 1. The number of nitrogens with zero attached hydrogens (tertiary/aromatic N) is 3. The summed E-state index contributed by atoms with van der Waals surface area (Å²) in [7, 11) is 3.03. The highest BCUT2D eigenvalue weighted by atomic mass is 19.1. The molecule has 10 heteroatoms. The van der Waals surface area contributed by atoms with Gasteiger partial charge in [-0.2, -0.15) is 0 Å². The van der Waals surface area contributed by atoms with E-state index in [0.717, 1.165) is 30.9 Å². The molecule has 1 atom stereocenters. The van der Waals surface area contributed by atoms with Crippen LogP contribution in [0.1, 0.15) is 74.9 Å². The number of ether oxygens (including phenoxy) is 3. The number of carbonyl (C=O) groups is 3. The molecule has 1 aliphatic carbocycles. The lowest BCUT2D eigenvalue weighted by atomic mass is 9.86. The normalized spacial score (nSPS) is 21.0. The number of amides is 2. The van der Waals surface area contributed by atoms with E-state index in [-0.39, 0.29) is 35.6 Å². The van der Waals surface area contributed by atoms with Gasteiger partial charge in [0.05, 0.1) is 18.8 Å². The van der Waals surface area contributed by atoms with Crippen molar-refractivity contribution in [1.29, 1.82) is 0 Å². The van der Waals surface area contributed by atoms with Crippen molar-refractivity contribution >= 4 is 23.7 Å². The van der Waals surface area contributed by atoms with Gasteiger partial charge in [0.2, 0.25) is 5.91 Å². The second-order valence-corrected chi connectivity index (χ2v) is 13.0. The van der Waals surface area contributed by atoms with Crippen LogP contribution < -0.4 is 9.64 Å². The molecule has 0 N–H and O–H groups in total. The van der Waals surface area contributed by atoms with Gasteiger partial charge in [-0.15, -0.1) is 0 Å². The zero-order valence-corrected chi connectivity index (χ0v) is 27.0. The molecule has 0 aromatic heterocycles. The Labute approximate surface area is 260 Å². The smallest absolute Gasteiger partial charge is 0.410 e. The van der Waals surface area contributed by atoms with E-state index in [1.165, 1.54) is 30.9 Å². The first kappa shape index (κ1) is 33.2. The molecule has 9 nitrogen and oxygen atoms in total. The first-order valence-electron chi connectivity index (χ1n) is 15.4. The number of anilines is 1. The number of methoxy groups -OCH3 is 1. The largest absolute Gasteiger partial charge is 0.490 e. The molecule has 1 saturated carbocycles. The van der Waals surface area contributed by atoms with E-state index in [1.54, 1.807) is 4.90 Å². The highest BCUT2D eigenvalue weighted by Crippen LogP contribution is 2.31. The molecule has 2 aliphatic rings. The van der Waals surface area contributed by atoms with Crippen LogP contribution in [0.25, 0.3) is 0 Å². The van der Waals surface area contributed by atoms with E-state index >= 15 is 0 Å². The van der Waals surface area contributed by atoms with Crippen LogP contribution in [-0.4, -0.2) is 79.3 Å². The van der Waals surface area contributed by atoms with Gasteiger partial charge in [-0.25, -0.2) is 14.0 Å². The molecule has 2 amide bonds. The molecule has 1 saturated heterocycles. The third-order valence-electron chi connectivity index (χ3n) is 8.45. The fourth-order valence-corrected chi connectivity index (χ4v) is 5.94. The molecule has 1 aliphatic heterocycles. The number of halogens is 1. The third-order valence-corrected chi connectivity index (χ3v) is 8.45. The molecule has 0 radical (unpaired) electrons. The molecule has 0 bridgehead atoms. The maximum absolute atomic E-state index is 14.0. The Bertz CT molecular complexity index is 1350. The standard InChI is InChI=1S/C34H46FN3O6/c1-22-18-26(11-8-25(22)21-37-16-17-38(23(2)20-37)33(41)44-34(3,4)5)36(6)31(39)24-9-12-27(13-10-24)43-28-14-15-30(35)29(19-28)32(40)42-7/h8,11,14-15,18-19,23-24,27H,9-10,12-13,16-17,20-21H2,1-7H3/t23-,24?,27?/m0/s1. The molecular formula is C34H46FN3O6. The van der Waals surface area contributed by atoms with Crippen LogP contribution >= 0.6 is 0 Å². The van der Waals surface area contributed by atoms with Gasteiger partial charge in [0.1, 0.15) is 17.2 Å². The predicted molar refractivity (Wildman–Crippen MR) is 166 cm³/mol. The van der Waals surface area contributed by atoms with Crippen molar-refractivity contribution < 1.29 is 33.0 Å². The molecule has 2 aromatic rings. The molecule has 0 unspecified atom stereocenters. The van der Waals surface area contributed by atoms with Crippen LogP contribution in [0.5, 0.6) is 5.75 Å². The van der Waals surface area contributed by atoms with Crippen LogP contribution in [-0.2, 0) is 20.8 Å². The van der Waals surface area contributed by atoms with Crippen LogP contribution in [0.3, 0.4) is 0 Å². The van der Waals surface area contributed by atoms with Gasteiger partial charge in [-0.3, -0.25) is 9.69 Å². The van der Waals surface area contributed by atoms with Crippen LogP contribution in [0.15, 0.2) is 36.4 Å². The zero-order valence-electron chi connectivity index (χ0n) is 27.0. The summed E-state index contributed by atoms with van der Waals surface area (Å²) in [6, 6.07) is 10.3. The SMILES string of the molecule is COC(=O)c1cc(OC2CCC(C(=O)N(C)c3ccc(CN4CCN(C(=O)OC(C)(C)C)[C@@H](C)C4)c(C)c3)CC2)ccc1F. The maximum atomic E-state index is 14.0. The second kappa shape index (κ2) is 14.0. The Balaban J connectivity index is 1.28. The van der Waals surface area contributed by atoms with Gasteiger partial charge in [0, 0.05) is 50.9 Å². The van der Waals surface area contributed by atoms with Crippen molar-refractivity contribution in [2.24, 2.45) is 5.92 Å². The second-order valence-electron chi connectivity index (χ2n) is 13.0. The Morgan fingerprint density at radius 1 is 1.02 bits per heavy atom. The van der Waals surface area contributed by atoms with Crippen molar-refractivity contribution in [2.75, 3.05) is 38.7 Å². The van der Waals surface area contributed by atoms with E-state index in [4.69, 9.17) is 9.47 Å². The van der Waals surface area contributed by atoms with Crippen molar-refractivity contribution in [1.82, 2.24) is 9.80 Å². The molecule has 2 aromatic carbocycles. The summed E-state index contributed by atoms with van der Waals surface area (Å²) in [6.45, 7) is 12.7. The average Bonchev–Trinajstić information content (AvgIpc) is 2.97. The van der Waals surface area contributed by atoms with Crippen molar-refractivity contribution in [2.45, 2.75) is 84.6 Å². The summed E-state index contributed by atoms with van der Waals surface area (Å²) in [6.07, 6.45) is 2.36. The van der Waals surface area contributed by atoms with Gasteiger partial charge >= 0.3 is 12.1 Å². The number of carbonyl (C=O) groups excluding carboxylic acids is 3. The van der Waals surface area contributed by atoms with Crippen LogP contribution in [0.4, 0.5) is 14.9 Å². The number of piperazine rings is 1. The lowest BCUT2D eigenvalue weighted by Gasteiger charge is -2.40. The summed E-state index contributed by atoms with van der Waals surface area (Å²) in [5, 5.41) is 0. The number of hydrogen-bond acceptors (Lipinski definition) is 7. The summed E-state index contributed by atoms with van der Waals surface area (Å²) < 4.78 is 30.2. The molecule has 240 valence electrons. The van der Waals surface area contributed by atoms with Crippen molar-refractivity contribution in [3.63, 3.8) is 0 Å². The fraction of sp³-hybridized carbons (Fsp3) is 0.559. The van der Waals surface area contributed by atoms with E-state index in [2.05, 4.69) is 35.6 Å². The summed E-state index contributed by atoms with van der Waals surface area (Å²) in [5.41, 5.74) is 2.50. The quantitative estimate of drug-likeness (QED) is 0.357. The lowest BCUT2D eigenvalue weighted by molar-refractivity contribution is -0.123. The molecule has 2 fully saturated rings. The molecule has 4 rings (SSSR count). The van der Waals surface area contributed by atoms with Crippen molar-refractivity contribution in [3.8, 4) is 5.75 Å². The van der Waals surface area contributed by atoms with Crippen molar-refractivity contribution in [3.05, 3.63) is 58.9 Å². The minimum Gasteiger partial charge on any atom is -0.490 e. The van der Waals surface area contributed by atoms with Crippen LogP contribution in [0, 0.1) is 18.7 Å². The number of rotatable bonds is 7. The highest BCUT2D eigenvalue weighted by molar-refractivity contribution is 5.94.